The Morgan fingerprint density at radius 1 is 1.31 bits per heavy atom. The molecule has 1 heterocycles. The first kappa shape index (κ1) is 10.4. The highest BCUT2D eigenvalue weighted by atomic mass is 16.1. The number of nitrogens with one attached hydrogen (secondary N) is 2. The summed E-state index contributed by atoms with van der Waals surface area (Å²) in [4.78, 5) is 25.6. The summed E-state index contributed by atoms with van der Waals surface area (Å²) in [5.74, 6) is 0.631. The molecule has 0 aliphatic rings. The van der Waals surface area contributed by atoms with Crippen LogP contribution in [0.2, 0.25) is 0 Å². The van der Waals surface area contributed by atoms with Crippen LogP contribution in [0, 0.1) is 0 Å². The molecule has 2 N–H and O–H groups in total. The Hall–Kier alpha value is -2.10. The molecular weight excluding hydrogens is 204 g/mol. The monoisotopic (exact) mass is 216 g/mol. The minimum absolute atomic E-state index is 0.00631. The van der Waals surface area contributed by atoms with Crippen LogP contribution < -0.4 is 10.9 Å². The first-order valence-electron chi connectivity index (χ1n) is 4.97. The number of ketones is 1. The van der Waals surface area contributed by atoms with Crippen molar-refractivity contribution in [2.45, 2.75) is 6.92 Å². The molecule has 0 bridgehead atoms. The molecular formula is C12H12N2O2. The maximum absolute atomic E-state index is 11.7. The summed E-state index contributed by atoms with van der Waals surface area (Å²) in [6.45, 7) is 1.51. The Bertz CT molecular complexity index is 614. The topological polar surface area (TPSA) is 62.0 Å². The number of hydrogen-bond donors (Lipinski definition) is 2. The second-order valence-corrected chi connectivity index (χ2v) is 3.62. The van der Waals surface area contributed by atoms with Crippen LogP contribution >= 0.6 is 0 Å². The molecule has 4 nitrogen and oxygen atoms in total. The third kappa shape index (κ3) is 1.69. The quantitative estimate of drug-likeness (QED) is 0.752. The molecule has 2 rings (SSSR count). The second-order valence-electron chi connectivity index (χ2n) is 3.62. The predicted molar refractivity (Wildman–Crippen MR) is 64.1 cm³/mol. The van der Waals surface area contributed by atoms with Gasteiger partial charge in [-0.15, -0.1) is 0 Å². The minimum atomic E-state index is -0.156. The third-order valence-corrected chi connectivity index (χ3v) is 2.52. The number of anilines is 1. The van der Waals surface area contributed by atoms with Crippen molar-refractivity contribution in [1.82, 2.24) is 4.98 Å². The van der Waals surface area contributed by atoms with Gasteiger partial charge in [0.1, 0.15) is 5.82 Å². The number of carbonyl (C=O) groups is 1. The number of Topliss-reactive ketones (excluding diaryl/α,β-unsaturated/α-hetero) is 1. The van der Waals surface area contributed by atoms with Crippen molar-refractivity contribution in [3.05, 3.63) is 40.2 Å². The van der Waals surface area contributed by atoms with Gasteiger partial charge in [0.2, 0.25) is 0 Å². The Labute approximate surface area is 92.3 Å². The Morgan fingerprint density at radius 3 is 2.69 bits per heavy atom. The molecule has 0 saturated carbocycles. The molecule has 0 saturated heterocycles. The lowest BCUT2D eigenvalue weighted by Crippen LogP contribution is -2.09. The summed E-state index contributed by atoms with van der Waals surface area (Å²) >= 11 is 0. The van der Waals surface area contributed by atoms with Crippen LogP contribution in [0.1, 0.15) is 17.3 Å². The van der Waals surface area contributed by atoms with E-state index < -0.39 is 0 Å². The molecule has 0 aliphatic carbocycles. The number of rotatable bonds is 2. The van der Waals surface area contributed by atoms with Crippen molar-refractivity contribution in [2.24, 2.45) is 0 Å². The molecule has 0 atom stereocenters. The highest BCUT2D eigenvalue weighted by Gasteiger charge is 2.04. The zero-order valence-electron chi connectivity index (χ0n) is 9.13. The van der Waals surface area contributed by atoms with Crippen LogP contribution in [0.15, 0.2) is 29.1 Å². The summed E-state index contributed by atoms with van der Waals surface area (Å²) < 4.78 is 0. The van der Waals surface area contributed by atoms with Crippen LogP contribution in [0.4, 0.5) is 5.82 Å². The van der Waals surface area contributed by atoms with E-state index in [0.29, 0.717) is 16.8 Å². The van der Waals surface area contributed by atoms with E-state index in [1.807, 2.05) is 6.07 Å². The molecule has 1 aromatic heterocycles. The van der Waals surface area contributed by atoms with Gasteiger partial charge >= 0.3 is 0 Å². The number of aromatic nitrogens is 1. The largest absolute Gasteiger partial charge is 0.375 e. The van der Waals surface area contributed by atoms with Gasteiger partial charge in [-0.25, -0.2) is 0 Å². The maximum atomic E-state index is 11.7. The fraction of sp³-hybridized carbons (Fsp3) is 0.167. The first-order chi connectivity index (χ1) is 7.61. The molecule has 16 heavy (non-hydrogen) atoms. The van der Waals surface area contributed by atoms with Crippen LogP contribution in [0.3, 0.4) is 0 Å². The summed E-state index contributed by atoms with van der Waals surface area (Å²) in [5, 5.41) is 4.22. The van der Waals surface area contributed by atoms with Gasteiger partial charge in [0.15, 0.2) is 5.78 Å². The highest BCUT2D eigenvalue weighted by molar-refractivity contribution is 5.98. The number of carbonyl (C=O) groups excluding carboxylic acids is 1. The van der Waals surface area contributed by atoms with Crippen LogP contribution in [-0.4, -0.2) is 17.8 Å². The van der Waals surface area contributed by atoms with Gasteiger partial charge in [0, 0.05) is 18.0 Å². The summed E-state index contributed by atoms with van der Waals surface area (Å²) in [6.07, 6.45) is 0. The normalized spacial score (nSPS) is 10.4. The standard InChI is InChI=1S/C12H12N2O2/c1-7(15)8-3-4-10-9(5-8)6-11(13-2)14-12(10)16/h3-6H,1-2H3,(H2,13,14,16). The van der Waals surface area contributed by atoms with Gasteiger partial charge in [-0.3, -0.25) is 9.59 Å². The molecule has 2 aromatic rings. The molecule has 0 aliphatic heterocycles. The number of pyridine rings is 1. The van der Waals surface area contributed by atoms with Gasteiger partial charge in [-0.2, -0.15) is 0 Å². The molecule has 0 unspecified atom stereocenters. The highest BCUT2D eigenvalue weighted by Crippen LogP contribution is 2.15. The van der Waals surface area contributed by atoms with Crippen molar-refractivity contribution >= 4 is 22.4 Å². The summed E-state index contributed by atoms with van der Waals surface area (Å²) in [5.41, 5.74) is 0.456. The van der Waals surface area contributed by atoms with Crippen molar-refractivity contribution in [1.29, 1.82) is 0 Å². The number of hydrogen-bond acceptors (Lipinski definition) is 3. The van der Waals surface area contributed by atoms with E-state index in [9.17, 15) is 9.59 Å². The minimum Gasteiger partial charge on any atom is -0.375 e. The van der Waals surface area contributed by atoms with Gasteiger partial charge < -0.3 is 10.3 Å². The predicted octanol–water partition coefficient (Wildman–Crippen LogP) is 1.77. The number of aromatic amines is 1. The lowest BCUT2D eigenvalue weighted by atomic mass is 10.1. The lowest BCUT2D eigenvalue weighted by Gasteiger charge is -2.03. The smallest absolute Gasteiger partial charge is 0.257 e. The third-order valence-electron chi connectivity index (χ3n) is 2.52. The van der Waals surface area contributed by atoms with E-state index >= 15 is 0 Å². The van der Waals surface area contributed by atoms with E-state index in [2.05, 4.69) is 10.3 Å². The molecule has 82 valence electrons. The average molecular weight is 216 g/mol. The fourth-order valence-electron chi connectivity index (χ4n) is 1.62. The molecule has 0 spiro atoms. The molecule has 0 radical (unpaired) electrons. The van der Waals surface area contributed by atoms with Gasteiger partial charge in [-0.05, 0) is 30.5 Å². The summed E-state index contributed by atoms with van der Waals surface area (Å²) in [7, 11) is 1.73. The van der Waals surface area contributed by atoms with Crippen molar-refractivity contribution in [3.8, 4) is 0 Å². The van der Waals surface area contributed by atoms with Gasteiger partial charge in [-0.1, -0.05) is 6.07 Å². The van der Waals surface area contributed by atoms with E-state index in [1.54, 1.807) is 25.2 Å². The Morgan fingerprint density at radius 2 is 2.06 bits per heavy atom. The SMILES string of the molecule is CNc1cc2cc(C(C)=O)ccc2c(=O)[nH]1. The van der Waals surface area contributed by atoms with E-state index in [4.69, 9.17) is 0 Å². The number of benzene rings is 1. The number of fused-ring (bicyclic) bond motifs is 1. The molecule has 0 amide bonds. The Kier molecular flexibility index (Phi) is 2.48. The van der Waals surface area contributed by atoms with Crippen molar-refractivity contribution in [2.75, 3.05) is 12.4 Å². The van der Waals surface area contributed by atoms with Crippen LogP contribution in [0.5, 0.6) is 0 Å². The molecule has 4 heteroatoms. The van der Waals surface area contributed by atoms with Gasteiger partial charge in [0.25, 0.3) is 5.56 Å². The van der Waals surface area contributed by atoms with E-state index in [0.717, 1.165) is 5.39 Å². The van der Waals surface area contributed by atoms with E-state index in [-0.39, 0.29) is 11.3 Å². The molecule has 1 aromatic carbocycles. The maximum Gasteiger partial charge on any atom is 0.257 e. The van der Waals surface area contributed by atoms with Crippen LogP contribution in [-0.2, 0) is 0 Å². The van der Waals surface area contributed by atoms with Crippen molar-refractivity contribution < 1.29 is 4.79 Å². The average Bonchev–Trinajstić information content (AvgIpc) is 2.28. The van der Waals surface area contributed by atoms with E-state index in [1.165, 1.54) is 6.92 Å². The van der Waals surface area contributed by atoms with Gasteiger partial charge in [0.05, 0.1) is 0 Å². The Balaban J connectivity index is 2.76. The van der Waals surface area contributed by atoms with Crippen molar-refractivity contribution in [3.63, 3.8) is 0 Å². The first-order valence-corrected chi connectivity index (χ1v) is 4.97. The lowest BCUT2D eigenvalue weighted by molar-refractivity contribution is 0.101. The molecule has 0 fully saturated rings. The fourth-order valence-corrected chi connectivity index (χ4v) is 1.62. The number of H-pyrrole nitrogens is 1. The second kappa shape index (κ2) is 3.81. The van der Waals surface area contributed by atoms with Crippen LogP contribution in [0.25, 0.3) is 10.8 Å². The zero-order chi connectivity index (χ0) is 11.7. The summed E-state index contributed by atoms with van der Waals surface area (Å²) in [6, 6.07) is 6.88. The zero-order valence-corrected chi connectivity index (χ0v) is 9.13.